The van der Waals surface area contributed by atoms with Gasteiger partial charge in [0.25, 0.3) is 0 Å². The van der Waals surface area contributed by atoms with Gasteiger partial charge in [-0.1, -0.05) is 53.6 Å². The molecule has 0 fully saturated rings. The van der Waals surface area contributed by atoms with Crippen LogP contribution in [0.25, 0.3) is 0 Å². The molecule has 0 aliphatic heterocycles. The van der Waals surface area contributed by atoms with E-state index in [1.165, 1.54) is 8.61 Å². The van der Waals surface area contributed by atoms with E-state index in [4.69, 9.17) is 4.98 Å². The molecule has 3 heterocycles. The quantitative estimate of drug-likeness (QED) is 0.185. The number of aryl methyl sites for hydroxylation is 2. The molecule has 0 N–H and O–H groups in total. The molecule has 5 rings (SSSR count). The summed E-state index contributed by atoms with van der Waals surface area (Å²) in [7, 11) is -7.83. The number of pyridine rings is 3. The molecule has 2 aromatic carbocycles. The molecule has 226 valence electrons. The summed E-state index contributed by atoms with van der Waals surface area (Å²) in [6, 6.07) is 29.3. The Labute approximate surface area is 259 Å². The van der Waals surface area contributed by atoms with Crippen molar-refractivity contribution >= 4 is 20.0 Å². The van der Waals surface area contributed by atoms with Gasteiger partial charge in [0.2, 0.25) is 20.0 Å². The van der Waals surface area contributed by atoms with Gasteiger partial charge in [-0.25, -0.2) is 16.8 Å². The molecule has 9 nitrogen and oxygen atoms in total. The fraction of sp³-hybridized carbons (Fsp3) is 0.182. The number of rotatable bonds is 12. The van der Waals surface area contributed by atoms with Gasteiger partial charge in [0.1, 0.15) is 0 Å². The van der Waals surface area contributed by atoms with Gasteiger partial charge in [-0.2, -0.15) is 8.61 Å². The highest BCUT2D eigenvalue weighted by Gasteiger charge is 2.28. The third-order valence-electron chi connectivity index (χ3n) is 6.99. The minimum absolute atomic E-state index is 0.0361. The van der Waals surface area contributed by atoms with E-state index >= 15 is 0 Å². The van der Waals surface area contributed by atoms with Crippen LogP contribution in [0.5, 0.6) is 0 Å². The zero-order valence-electron chi connectivity index (χ0n) is 24.5. The molecule has 0 radical (unpaired) electrons. The topological polar surface area (TPSA) is 113 Å². The second-order valence-electron chi connectivity index (χ2n) is 10.4. The molecule has 0 bridgehead atoms. The number of aromatic nitrogens is 3. The van der Waals surface area contributed by atoms with Crippen molar-refractivity contribution in [3.05, 3.63) is 149 Å². The van der Waals surface area contributed by atoms with Crippen molar-refractivity contribution in [3.8, 4) is 0 Å². The van der Waals surface area contributed by atoms with Crippen molar-refractivity contribution in [1.29, 1.82) is 0 Å². The zero-order chi connectivity index (χ0) is 31.2. The maximum absolute atomic E-state index is 13.8. The lowest BCUT2D eigenvalue weighted by molar-refractivity contribution is 0.383. The van der Waals surface area contributed by atoms with Gasteiger partial charge in [0, 0.05) is 12.4 Å². The molecule has 0 amide bonds. The molecule has 0 aliphatic rings. The Morgan fingerprint density at radius 2 is 0.841 bits per heavy atom. The van der Waals surface area contributed by atoms with Crippen molar-refractivity contribution < 1.29 is 16.8 Å². The van der Waals surface area contributed by atoms with E-state index in [1.807, 2.05) is 26.0 Å². The van der Waals surface area contributed by atoms with Crippen molar-refractivity contribution in [2.75, 3.05) is 0 Å². The monoisotopic (exact) mass is 627 g/mol. The van der Waals surface area contributed by atoms with Crippen LogP contribution in [0.4, 0.5) is 0 Å². The normalized spacial score (nSPS) is 12.1. The lowest BCUT2D eigenvalue weighted by Gasteiger charge is -2.23. The molecule has 0 atom stereocenters. The standard InChI is InChI=1S/C33H33N5O4S2/c1-26-12-16-32(17-13-26)43(39,40)37(22-28-8-3-5-20-34-28)24-30-10-7-11-31(36-30)25-38(23-29-9-4-6-21-35-29)44(41,42)33-18-14-27(2)15-19-33/h3-21H,22-25H2,1-2H3. The largest absolute Gasteiger partial charge is 0.260 e. The maximum atomic E-state index is 13.8. The summed E-state index contributed by atoms with van der Waals surface area (Å²) in [6.07, 6.45) is 3.24. The highest BCUT2D eigenvalue weighted by atomic mass is 32.2. The molecule has 11 heteroatoms. The predicted octanol–water partition coefficient (Wildman–Crippen LogP) is 5.27. The molecule has 0 aliphatic carbocycles. The summed E-state index contributed by atoms with van der Waals surface area (Å²) >= 11 is 0. The summed E-state index contributed by atoms with van der Waals surface area (Å²) in [5, 5.41) is 0. The fourth-order valence-electron chi connectivity index (χ4n) is 4.58. The first kappa shape index (κ1) is 31.1. The summed E-state index contributed by atoms with van der Waals surface area (Å²) in [5.74, 6) is 0. The van der Waals surface area contributed by atoms with Crippen LogP contribution in [-0.4, -0.2) is 40.4 Å². The van der Waals surface area contributed by atoms with E-state index in [2.05, 4.69) is 9.97 Å². The molecule has 0 saturated heterocycles. The summed E-state index contributed by atoms with van der Waals surface area (Å²) in [4.78, 5) is 13.7. The van der Waals surface area contributed by atoms with Crippen LogP contribution in [0, 0.1) is 13.8 Å². The van der Waals surface area contributed by atoms with Crippen molar-refractivity contribution in [3.63, 3.8) is 0 Å². The third kappa shape index (κ3) is 7.61. The minimum atomic E-state index is -3.91. The number of nitrogens with zero attached hydrogens (tertiary/aromatic N) is 5. The Morgan fingerprint density at radius 3 is 1.20 bits per heavy atom. The maximum Gasteiger partial charge on any atom is 0.243 e. The van der Waals surface area contributed by atoms with Crippen molar-refractivity contribution in [2.24, 2.45) is 0 Å². The smallest absolute Gasteiger partial charge is 0.243 e. The van der Waals surface area contributed by atoms with E-state index < -0.39 is 20.0 Å². The first-order chi connectivity index (χ1) is 21.1. The Kier molecular flexibility index (Phi) is 9.60. The second-order valence-corrected chi connectivity index (χ2v) is 14.3. The molecule has 0 spiro atoms. The van der Waals surface area contributed by atoms with Crippen LogP contribution in [-0.2, 0) is 46.2 Å². The predicted molar refractivity (Wildman–Crippen MR) is 168 cm³/mol. The Hall–Kier alpha value is -4.29. The van der Waals surface area contributed by atoms with Gasteiger partial charge in [0.15, 0.2) is 0 Å². The van der Waals surface area contributed by atoms with Gasteiger partial charge in [0.05, 0.1) is 58.7 Å². The van der Waals surface area contributed by atoms with E-state index in [9.17, 15) is 16.8 Å². The van der Waals surface area contributed by atoms with E-state index in [1.54, 1.807) is 103 Å². The molecule has 0 saturated carbocycles. The van der Waals surface area contributed by atoms with E-state index in [-0.39, 0.29) is 36.0 Å². The first-order valence-corrected chi connectivity index (χ1v) is 16.9. The number of benzene rings is 2. The molecule has 44 heavy (non-hydrogen) atoms. The summed E-state index contributed by atoms with van der Waals surface area (Å²) in [6.45, 7) is 3.80. The van der Waals surface area contributed by atoms with Gasteiger partial charge >= 0.3 is 0 Å². The van der Waals surface area contributed by atoms with Crippen molar-refractivity contribution in [2.45, 2.75) is 49.8 Å². The number of hydrogen-bond donors (Lipinski definition) is 0. The average molecular weight is 628 g/mol. The molecule has 3 aromatic heterocycles. The second kappa shape index (κ2) is 13.6. The Morgan fingerprint density at radius 1 is 0.477 bits per heavy atom. The Balaban J connectivity index is 1.46. The lowest BCUT2D eigenvalue weighted by atomic mass is 10.2. The van der Waals surface area contributed by atoms with Gasteiger partial charge in [-0.15, -0.1) is 0 Å². The van der Waals surface area contributed by atoms with Crippen LogP contribution in [0.15, 0.2) is 125 Å². The van der Waals surface area contributed by atoms with Crippen molar-refractivity contribution in [1.82, 2.24) is 23.6 Å². The van der Waals surface area contributed by atoms with Crippen LogP contribution < -0.4 is 0 Å². The first-order valence-electron chi connectivity index (χ1n) is 14.0. The van der Waals surface area contributed by atoms with E-state index in [0.29, 0.717) is 22.8 Å². The fourth-order valence-corrected chi connectivity index (χ4v) is 7.35. The molecular weight excluding hydrogens is 595 g/mol. The van der Waals surface area contributed by atoms with E-state index in [0.717, 1.165) is 11.1 Å². The molecule has 5 aromatic rings. The van der Waals surface area contributed by atoms with Gasteiger partial charge < -0.3 is 0 Å². The summed E-state index contributed by atoms with van der Waals surface area (Å²) < 4.78 is 57.9. The Bertz CT molecular complexity index is 1770. The van der Waals surface area contributed by atoms with Crippen LogP contribution in [0.1, 0.15) is 33.9 Å². The van der Waals surface area contributed by atoms with Crippen LogP contribution in [0.3, 0.4) is 0 Å². The SMILES string of the molecule is Cc1ccc(S(=O)(=O)N(Cc2ccccn2)Cc2cccc(CN(Cc3ccccn3)S(=O)(=O)c3ccc(C)cc3)n2)cc1. The average Bonchev–Trinajstić information content (AvgIpc) is 3.02. The number of sulfonamides is 2. The molecule has 0 unspecified atom stereocenters. The lowest BCUT2D eigenvalue weighted by Crippen LogP contribution is -2.32. The zero-order valence-corrected chi connectivity index (χ0v) is 26.1. The van der Waals surface area contributed by atoms with Gasteiger partial charge in [-0.3, -0.25) is 15.0 Å². The van der Waals surface area contributed by atoms with Crippen LogP contribution in [0.2, 0.25) is 0 Å². The minimum Gasteiger partial charge on any atom is -0.260 e. The third-order valence-corrected chi connectivity index (χ3v) is 10.6. The molecular formula is C33H33N5O4S2. The number of hydrogen-bond acceptors (Lipinski definition) is 7. The van der Waals surface area contributed by atoms with Gasteiger partial charge in [-0.05, 0) is 74.5 Å². The summed E-state index contributed by atoms with van der Waals surface area (Å²) in [5.41, 5.74) is 4.02. The van der Waals surface area contributed by atoms with Crippen LogP contribution >= 0.6 is 0 Å². The highest BCUT2D eigenvalue weighted by Crippen LogP contribution is 2.23. The highest BCUT2D eigenvalue weighted by molar-refractivity contribution is 7.89.